The lowest BCUT2D eigenvalue weighted by atomic mass is 9.99. The molecular weight excluding hydrogens is 252 g/mol. The van der Waals surface area contributed by atoms with Gasteiger partial charge in [-0.2, -0.15) is 0 Å². The number of aromatic nitrogens is 1. The van der Waals surface area contributed by atoms with Gasteiger partial charge in [-0.05, 0) is 37.8 Å². The number of nitrogens with zero attached hydrogens (tertiary/aromatic N) is 2. The van der Waals surface area contributed by atoms with E-state index >= 15 is 0 Å². The van der Waals surface area contributed by atoms with Crippen LogP contribution < -0.4 is 0 Å². The Morgan fingerprint density at radius 2 is 2.10 bits per heavy atom. The minimum atomic E-state index is -0.449. The Kier molecular flexibility index (Phi) is 4.02. The molecule has 0 unspecified atom stereocenters. The van der Waals surface area contributed by atoms with E-state index in [2.05, 4.69) is 24.9 Å². The lowest BCUT2D eigenvalue weighted by Gasteiger charge is -2.31. The maximum atomic E-state index is 12.1. The molecule has 1 aromatic heterocycles. The lowest BCUT2D eigenvalue weighted by molar-refractivity contribution is 0.0222. The number of fused-ring (bicyclic) bond motifs is 1. The second kappa shape index (κ2) is 5.43. The molecule has 0 saturated heterocycles. The standard InChI is InChI=1S/C16H24N2O2/c1-11(2)12-8-13-10-18(7-6-14(13)17-9-12)15(19)20-16(3,4)5/h8-9,11H,6-7,10H2,1-5H3. The number of rotatable bonds is 1. The summed E-state index contributed by atoms with van der Waals surface area (Å²) in [5.74, 6) is 0.449. The molecule has 4 nitrogen and oxygen atoms in total. The van der Waals surface area contributed by atoms with Gasteiger partial charge in [0.1, 0.15) is 5.60 Å². The van der Waals surface area contributed by atoms with E-state index < -0.39 is 5.60 Å². The van der Waals surface area contributed by atoms with Crippen LogP contribution in [0.2, 0.25) is 0 Å². The summed E-state index contributed by atoms with van der Waals surface area (Å²) in [6.45, 7) is 11.2. The minimum absolute atomic E-state index is 0.238. The van der Waals surface area contributed by atoms with Crippen molar-refractivity contribution in [3.8, 4) is 0 Å². The number of hydrogen-bond acceptors (Lipinski definition) is 3. The molecule has 0 spiro atoms. The van der Waals surface area contributed by atoms with Crippen LogP contribution in [0.5, 0.6) is 0 Å². The van der Waals surface area contributed by atoms with E-state index in [1.165, 1.54) is 5.56 Å². The summed E-state index contributed by atoms with van der Waals surface area (Å²) in [7, 11) is 0. The van der Waals surface area contributed by atoms with E-state index in [-0.39, 0.29) is 6.09 Å². The number of pyridine rings is 1. The predicted molar refractivity (Wildman–Crippen MR) is 78.7 cm³/mol. The van der Waals surface area contributed by atoms with Crippen LogP contribution >= 0.6 is 0 Å². The van der Waals surface area contributed by atoms with Gasteiger partial charge in [0.25, 0.3) is 0 Å². The molecule has 0 aliphatic carbocycles. The monoisotopic (exact) mass is 276 g/mol. The van der Waals surface area contributed by atoms with Crippen molar-refractivity contribution in [2.45, 2.75) is 59.1 Å². The molecule has 2 heterocycles. The Morgan fingerprint density at radius 1 is 1.40 bits per heavy atom. The molecular formula is C16H24N2O2. The molecule has 2 rings (SSSR count). The minimum Gasteiger partial charge on any atom is -0.444 e. The van der Waals surface area contributed by atoms with Crippen LogP contribution in [0.25, 0.3) is 0 Å². The highest BCUT2D eigenvalue weighted by Gasteiger charge is 2.26. The van der Waals surface area contributed by atoms with Gasteiger partial charge in [-0.15, -0.1) is 0 Å². The number of amides is 1. The Hall–Kier alpha value is -1.58. The van der Waals surface area contributed by atoms with Crippen LogP contribution in [0.15, 0.2) is 12.3 Å². The van der Waals surface area contributed by atoms with Crippen molar-refractivity contribution in [2.24, 2.45) is 0 Å². The normalized spacial score (nSPS) is 15.2. The molecule has 110 valence electrons. The Morgan fingerprint density at radius 3 is 2.70 bits per heavy atom. The van der Waals surface area contributed by atoms with E-state index in [1.807, 2.05) is 27.0 Å². The summed E-state index contributed by atoms with van der Waals surface area (Å²) < 4.78 is 5.44. The van der Waals surface area contributed by atoms with Crippen LogP contribution in [0.4, 0.5) is 4.79 Å². The molecule has 0 fully saturated rings. The molecule has 0 saturated carbocycles. The van der Waals surface area contributed by atoms with Crippen molar-refractivity contribution in [1.82, 2.24) is 9.88 Å². The summed E-state index contributed by atoms with van der Waals surface area (Å²) in [6, 6.07) is 2.17. The number of carbonyl (C=O) groups is 1. The van der Waals surface area contributed by atoms with Gasteiger partial charge in [-0.25, -0.2) is 4.79 Å². The van der Waals surface area contributed by atoms with Crippen LogP contribution in [-0.4, -0.2) is 28.1 Å². The van der Waals surface area contributed by atoms with Gasteiger partial charge in [-0.1, -0.05) is 19.9 Å². The first-order chi connectivity index (χ1) is 9.26. The van der Waals surface area contributed by atoms with Crippen LogP contribution in [-0.2, 0) is 17.7 Å². The molecule has 0 atom stereocenters. The lowest BCUT2D eigenvalue weighted by Crippen LogP contribution is -2.40. The van der Waals surface area contributed by atoms with E-state index in [1.54, 1.807) is 4.90 Å². The third-order valence-electron chi connectivity index (χ3n) is 3.38. The van der Waals surface area contributed by atoms with Crippen molar-refractivity contribution in [3.05, 3.63) is 29.1 Å². The zero-order chi connectivity index (χ0) is 14.9. The molecule has 0 bridgehead atoms. The summed E-state index contributed by atoms with van der Waals surface area (Å²) in [4.78, 5) is 18.4. The van der Waals surface area contributed by atoms with Gasteiger partial charge in [-0.3, -0.25) is 4.98 Å². The second-order valence-electron chi connectivity index (χ2n) is 6.68. The smallest absolute Gasteiger partial charge is 0.410 e. The van der Waals surface area contributed by atoms with Gasteiger partial charge >= 0.3 is 6.09 Å². The third kappa shape index (κ3) is 3.50. The largest absolute Gasteiger partial charge is 0.444 e. The fourth-order valence-electron chi connectivity index (χ4n) is 2.24. The Labute approximate surface area is 121 Å². The highest BCUT2D eigenvalue weighted by molar-refractivity contribution is 5.68. The number of carbonyl (C=O) groups excluding carboxylic acids is 1. The van der Waals surface area contributed by atoms with E-state index in [9.17, 15) is 4.79 Å². The Bertz CT molecular complexity index is 504. The first-order valence-corrected chi connectivity index (χ1v) is 7.22. The molecule has 1 amide bonds. The van der Waals surface area contributed by atoms with Crippen molar-refractivity contribution in [1.29, 1.82) is 0 Å². The average Bonchev–Trinajstić information content (AvgIpc) is 2.35. The number of hydrogen-bond donors (Lipinski definition) is 0. The zero-order valence-corrected chi connectivity index (χ0v) is 13.1. The first kappa shape index (κ1) is 14.8. The number of ether oxygens (including phenoxy) is 1. The molecule has 1 aliphatic rings. The Balaban J connectivity index is 2.13. The van der Waals surface area contributed by atoms with Crippen molar-refractivity contribution in [3.63, 3.8) is 0 Å². The summed E-state index contributed by atoms with van der Waals surface area (Å²) in [5.41, 5.74) is 3.02. The van der Waals surface area contributed by atoms with Crippen LogP contribution in [0.3, 0.4) is 0 Å². The highest BCUT2D eigenvalue weighted by atomic mass is 16.6. The van der Waals surface area contributed by atoms with Crippen molar-refractivity contribution in [2.75, 3.05) is 6.54 Å². The van der Waals surface area contributed by atoms with Crippen LogP contribution in [0, 0.1) is 0 Å². The fourth-order valence-corrected chi connectivity index (χ4v) is 2.24. The third-order valence-corrected chi connectivity index (χ3v) is 3.38. The second-order valence-corrected chi connectivity index (χ2v) is 6.68. The van der Waals surface area contributed by atoms with Gasteiger partial charge in [0.15, 0.2) is 0 Å². The molecule has 20 heavy (non-hydrogen) atoms. The fraction of sp³-hybridized carbons (Fsp3) is 0.625. The first-order valence-electron chi connectivity index (χ1n) is 7.22. The highest BCUT2D eigenvalue weighted by Crippen LogP contribution is 2.23. The van der Waals surface area contributed by atoms with Crippen LogP contribution in [0.1, 0.15) is 57.4 Å². The molecule has 1 aliphatic heterocycles. The SMILES string of the molecule is CC(C)c1cnc2c(c1)CN(C(=O)OC(C)(C)C)CC2. The average molecular weight is 276 g/mol. The van der Waals surface area contributed by atoms with E-state index in [0.29, 0.717) is 19.0 Å². The summed E-state index contributed by atoms with van der Waals surface area (Å²) >= 11 is 0. The van der Waals surface area contributed by atoms with Gasteiger partial charge in [0.05, 0.1) is 6.54 Å². The molecule has 0 radical (unpaired) electrons. The maximum Gasteiger partial charge on any atom is 0.410 e. The summed E-state index contributed by atoms with van der Waals surface area (Å²) in [5, 5.41) is 0. The zero-order valence-electron chi connectivity index (χ0n) is 13.1. The molecule has 1 aromatic rings. The van der Waals surface area contributed by atoms with Gasteiger partial charge in [0.2, 0.25) is 0 Å². The van der Waals surface area contributed by atoms with E-state index in [4.69, 9.17) is 4.74 Å². The van der Waals surface area contributed by atoms with E-state index in [0.717, 1.165) is 17.7 Å². The quantitative estimate of drug-likeness (QED) is 0.788. The molecule has 0 aromatic carbocycles. The van der Waals surface area contributed by atoms with Gasteiger partial charge < -0.3 is 9.64 Å². The maximum absolute atomic E-state index is 12.1. The van der Waals surface area contributed by atoms with Crippen molar-refractivity contribution < 1.29 is 9.53 Å². The molecule has 0 N–H and O–H groups in total. The predicted octanol–water partition coefficient (Wildman–Crippen LogP) is 3.50. The van der Waals surface area contributed by atoms with Gasteiger partial charge in [0, 0.05) is 24.9 Å². The topological polar surface area (TPSA) is 42.4 Å². The summed E-state index contributed by atoms with van der Waals surface area (Å²) in [6.07, 6.45) is 2.51. The van der Waals surface area contributed by atoms with Crippen molar-refractivity contribution >= 4 is 6.09 Å². The molecule has 4 heteroatoms.